The number of furan rings is 1. The molecule has 1 aromatic heterocycles. The van der Waals surface area contributed by atoms with Crippen LogP contribution in [0.4, 0.5) is 0 Å². The van der Waals surface area contributed by atoms with Crippen molar-refractivity contribution in [2.75, 3.05) is 0 Å². The molecule has 9 heteroatoms. The number of para-hydroxylation sites is 1. The summed E-state index contributed by atoms with van der Waals surface area (Å²) in [6.07, 6.45) is 0. The summed E-state index contributed by atoms with van der Waals surface area (Å²) < 4.78 is 35.4. The number of hydrazine groups is 1. The second-order valence-electron chi connectivity index (χ2n) is 6.01. The maximum Gasteiger partial charge on any atom is 0.301 e. The predicted octanol–water partition coefficient (Wildman–Crippen LogP) is 2.68. The van der Waals surface area contributed by atoms with Crippen molar-refractivity contribution in [3.63, 3.8) is 0 Å². The summed E-state index contributed by atoms with van der Waals surface area (Å²) in [6, 6.07) is 17.4. The van der Waals surface area contributed by atoms with Crippen molar-refractivity contribution in [2.24, 2.45) is 0 Å². The molecule has 0 radical (unpaired) electrons. The molecule has 0 unspecified atom stereocenters. The average Bonchev–Trinajstić information content (AvgIpc) is 3.20. The van der Waals surface area contributed by atoms with Gasteiger partial charge in [-0.05, 0) is 43.3 Å². The molecule has 2 aromatic carbocycles. The Kier molecular flexibility index (Phi) is 6.10. The van der Waals surface area contributed by atoms with Crippen molar-refractivity contribution in [3.05, 3.63) is 83.8 Å². The molecule has 0 bridgehead atoms. The van der Waals surface area contributed by atoms with E-state index in [1.807, 2.05) is 23.0 Å². The number of carbonyl (C=O) groups is 2. The monoisotopic (exact) mass is 414 g/mol. The van der Waals surface area contributed by atoms with E-state index in [2.05, 4.69) is 5.43 Å². The van der Waals surface area contributed by atoms with Crippen molar-refractivity contribution in [1.29, 1.82) is 0 Å². The first-order chi connectivity index (χ1) is 13.8. The van der Waals surface area contributed by atoms with Crippen LogP contribution in [0.1, 0.15) is 33.6 Å². The van der Waals surface area contributed by atoms with Gasteiger partial charge in [0.2, 0.25) is 0 Å². The molecule has 0 saturated heterocycles. The van der Waals surface area contributed by atoms with E-state index in [0.717, 1.165) is 0 Å². The zero-order chi connectivity index (χ0) is 20.9. The molecule has 2 N–H and O–H groups in total. The zero-order valence-corrected chi connectivity index (χ0v) is 16.2. The molecule has 0 spiro atoms. The van der Waals surface area contributed by atoms with Crippen molar-refractivity contribution >= 4 is 21.7 Å². The predicted molar refractivity (Wildman–Crippen MR) is 104 cm³/mol. The first-order valence-electron chi connectivity index (χ1n) is 8.55. The third kappa shape index (κ3) is 5.31. The highest BCUT2D eigenvalue weighted by atomic mass is 32.2. The second-order valence-corrected chi connectivity index (χ2v) is 7.69. The van der Waals surface area contributed by atoms with Crippen LogP contribution in [0, 0.1) is 0 Å². The van der Waals surface area contributed by atoms with Crippen molar-refractivity contribution in [1.82, 2.24) is 10.3 Å². The molecule has 1 amide bonds. The van der Waals surface area contributed by atoms with Crippen LogP contribution in [0.5, 0.6) is 5.75 Å². The van der Waals surface area contributed by atoms with Crippen LogP contribution < -0.4 is 15.0 Å². The molecule has 3 rings (SSSR count). The lowest BCUT2D eigenvalue weighted by Crippen LogP contribution is -2.41. The van der Waals surface area contributed by atoms with Crippen molar-refractivity contribution in [2.45, 2.75) is 18.4 Å². The molecule has 1 heterocycles. The van der Waals surface area contributed by atoms with Gasteiger partial charge in [0.05, 0.1) is 4.90 Å². The van der Waals surface area contributed by atoms with Gasteiger partial charge in [-0.3, -0.25) is 15.0 Å². The number of sulfonamides is 1. The summed E-state index contributed by atoms with van der Waals surface area (Å²) in [5, 5.41) is 0. The third-order valence-corrected chi connectivity index (χ3v) is 5.14. The van der Waals surface area contributed by atoms with Crippen molar-refractivity contribution in [3.8, 4) is 5.75 Å². The number of rotatable bonds is 8. The number of hydrogen-bond acceptors (Lipinski definition) is 6. The summed E-state index contributed by atoms with van der Waals surface area (Å²) in [5.74, 6) is 0.0337. The average molecular weight is 414 g/mol. The molecular weight excluding hydrogens is 396 g/mol. The SMILES string of the molecule is CC(=O)c1ccc(S(=O)(=O)NNC(=O)c2ccc(COc3ccccc3)o2)cc1. The Bertz CT molecular complexity index is 1110. The number of carbonyl (C=O) groups excluding carboxylic acids is 2. The summed E-state index contributed by atoms with van der Waals surface area (Å²) in [5.41, 5.74) is 2.47. The Morgan fingerprint density at radius 2 is 1.66 bits per heavy atom. The van der Waals surface area contributed by atoms with Crippen LogP contribution in [-0.2, 0) is 16.6 Å². The van der Waals surface area contributed by atoms with Gasteiger partial charge in [-0.2, -0.15) is 0 Å². The largest absolute Gasteiger partial charge is 0.486 e. The number of hydrogen-bond donors (Lipinski definition) is 2. The number of Topliss-reactive ketones (excluding diaryl/α,β-unsaturated/α-hetero) is 1. The summed E-state index contributed by atoms with van der Waals surface area (Å²) in [7, 11) is -4.00. The van der Waals surface area contributed by atoms with Gasteiger partial charge >= 0.3 is 5.91 Å². The minimum absolute atomic E-state index is 0.0775. The zero-order valence-electron chi connectivity index (χ0n) is 15.4. The Morgan fingerprint density at radius 1 is 0.966 bits per heavy atom. The van der Waals surface area contributed by atoms with Gasteiger partial charge in [-0.15, -0.1) is 4.83 Å². The van der Waals surface area contributed by atoms with Crippen LogP contribution in [0.15, 0.2) is 76.0 Å². The van der Waals surface area contributed by atoms with Gasteiger partial charge in [-0.25, -0.2) is 8.42 Å². The lowest BCUT2D eigenvalue weighted by molar-refractivity contribution is 0.0912. The smallest absolute Gasteiger partial charge is 0.301 e. The van der Waals surface area contributed by atoms with E-state index in [9.17, 15) is 18.0 Å². The van der Waals surface area contributed by atoms with Gasteiger partial charge < -0.3 is 9.15 Å². The molecule has 0 fully saturated rings. The summed E-state index contributed by atoms with van der Waals surface area (Å²) in [6.45, 7) is 1.50. The minimum Gasteiger partial charge on any atom is -0.486 e. The second kappa shape index (κ2) is 8.72. The highest BCUT2D eigenvalue weighted by Gasteiger charge is 2.18. The molecule has 8 nitrogen and oxygen atoms in total. The summed E-state index contributed by atoms with van der Waals surface area (Å²) >= 11 is 0. The van der Waals surface area contributed by atoms with Crippen LogP contribution in [0.2, 0.25) is 0 Å². The maximum atomic E-state index is 12.3. The minimum atomic E-state index is -4.00. The molecule has 3 aromatic rings. The Hall–Kier alpha value is -3.43. The topological polar surface area (TPSA) is 115 Å². The molecule has 0 aliphatic carbocycles. The number of nitrogens with one attached hydrogen (secondary N) is 2. The lowest BCUT2D eigenvalue weighted by Gasteiger charge is -2.08. The quantitative estimate of drug-likeness (QED) is 0.433. The Balaban J connectivity index is 1.57. The van der Waals surface area contributed by atoms with E-state index >= 15 is 0 Å². The van der Waals surface area contributed by atoms with Gasteiger partial charge in [0.15, 0.2) is 11.5 Å². The third-order valence-electron chi connectivity index (χ3n) is 3.88. The normalized spacial score (nSPS) is 11.1. The fourth-order valence-corrected chi connectivity index (χ4v) is 3.19. The van der Waals surface area contributed by atoms with Gasteiger partial charge in [0.1, 0.15) is 18.1 Å². The number of amides is 1. The van der Waals surface area contributed by atoms with Gasteiger partial charge in [0, 0.05) is 5.56 Å². The van der Waals surface area contributed by atoms with Crippen LogP contribution >= 0.6 is 0 Å². The van der Waals surface area contributed by atoms with Crippen LogP contribution in [0.3, 0.4) is 0 Å². The van der Waals surface area contributed by atoms with Crippen molar-refractivity contribution < 1.29 is 27.2 Å². The van der Waals surface area contributed by atoms with E-state index in [-0.39, 0.29) is 23.0 Å². The molecule has 0 aliphatic heterocycles. The van der Waals surface area contributed by atoms with E-state index in [0.29, 0.717) is 17.1 Å². The van der Waals surface area contributed by atoms with E-state index < -0.39 is 15.9 Å². The summed E-state index contributed by atoms with van der Waals surface area (Å²) in [4.78, 5) is 25.3. The number of ether oxygens (including phenoxy) is 1. The fourth-order valence-electron chi connectivity index (χ4n) is 2.35. The van der Waals surface area contributed by atoms with E-state index in [4.69, 9.17) is 9.15 Å². The highest BCUT2D eigenvalue weighted by molar-refractivity contribution is 7.89. The Labute approximate surface area is 167 Å². The molecular formula is C20H18N2O6S. The first kappa shape index (κ1) is 20.3. The van der Waals surface area contributed by atoms with Crippen LogP contribution in [0.25, 0.3) is 0 Å². The molecule has 29 heavy (non-hydrogen) atoms. The van der Waals surface area contributed by atoms with Crippen LogP contribution in [-0.4, -0.2) is 20.1 Å². The number of ketones is 1. The van der Waals surface area contributed by atoms with Gasteiger partial charge in [0.25, 0.3) is 10.0 Å². The fraction of sp³-hybridized carbons (Fsp3) is 0.100. The Morgan fingerprint density at radius 3 is 2.31 bits per heavy atom. The molecule has 0 aliphatic rings. The lowest BCUT2D eigenvalue weighted by atomic mass is 10.2. The molecule has 0 saturated carbocycles. The van der Waals surface area contributed by atoms with Gasteiger partial charge in [-0.1, -0.05) is 30.3 Å². The molecule has 150 valence electrons. The number of benzene rings is 2. The van der Waals surface area contributed by atoms with E-state index in [1.54, 1.807) is 18.2 Å². The standard InChI is InChI=1S/C20H18N2O6S/c1-14(23)15-7-10-18(11-8-15)29(25,26)22-21-20(24)19-12-9-17(28-19)13-27-16-5-3-2-4-6-16/h2-12,22H,13H2,1H3,(H,21,24). The molecule has 0 atom stereocenters. The van der Waals surface area contributed by atoms with E-state index in [1.165, 1.54) is 37.3 Å². The maximum absolute atomic E-state index is 12.3. The highest BCUT2D eigenvalue weighted by Crippen LogP contribution is 2.14. The first-order valence-corrected chi connectivity index (χ1v) is 10.0.